The van der Waals surface area contributed by atoms with Crippen LogP contribution in [0.3, 0.4) is 0 Å². The quantitative estimate of drug-likeness (QED) is 0.201. The Bertz CT molecular complexity index is 1510. The summed E-state index contributed by atoms with van der Waals surface area (Å²) >= 11 is 1.24. The number of nitrogens with one attached hydrogen (secondary N) is 1. The molecule has 0 unspecified atom stereocenters. The zero-order chi connectivity index (χ0) is 26.6. The molecule has 2 heterocycles. The second-order valence-electron chi connectivity index (χ2n) is 8.56. The summed E-state index contributed by atoms with van der Waals surface area (Å²) in [6, 6.07) is 22.7. The molecule has 0 atom stereocenters. The number of rotatable bonds is 9. The molecule has 1 aliphatic heterocycles. The Morgan fingerprint density at radius 1 is 0.842 bits per heavy atom. The van der Waals surface area contributed by atoms with Crippen LogP contribution in [-0.2, 0) is 11.2 Å². The summed E-state index contributed by atoms with van der Waals surface area (Å²) in [6.07, 6.45) is 0.471. The van der Waals surface area contributed by atoms with E-state index in [0.717, 1.165) is 10.6 Å². The molecule has 1 N–H and O–H groups in total. The summed E-state index contributed by atoms with van der Waals surface area (Å²) in [7, 11) is 0. The highest BCUT2D eigenvalue weighted by molar-refractivity contribution is 7.99. The number of aromatic nitrogens is 3. The van der Waals surface area contributed by atoms with Crippen molar-refractivity contribution in [2.75, 3.05) is 17.2 Å². The van der Waals surface area contributed by atoms with Gasteiger partial charge in [0, 0.05) is 31.1 Å². The van der Waals surface area contributed by atoms with E-state index >= 15 is 0 Å². The molecule has 0 aliphatic carbocycles. The van der Waals surface area contributed by atoms with Crippen molar-refractivity contribution < 1.29 is 19.2 Å². The minimum atomic E-state index is -0.410. The summed E-state index contributed by atoms with van der Waals surface area (Å²) < 4.78 is 1.87. The summed E-state index contributed by atoms with van der Waals surface area (Å²) in [6.45, 7) is 1.87. The minimum Gasteiger partial charge on any atom is -0.356 e. The molecule has 3 aromatic carbocycles. The second kappa shape index (κ2) is 10.8. The molecule has 1 aliphatic rings. The molecule has 5 rings (SSSR count). The van der Waals surface area contributed by atoms with Crippen LogP contribution in [0.4, 0.5) is 5.69 Å². The lowest BCUT2D eigenvalue weighted by molar-refractivity contribution is -0.118. The Kier molecular flexibility index (Phi) is 7.14. The number of anilines is 1. The molecule has 1 aromatic heterocycles. The summed E-state index contributed by atoms with van der Waals surface area (Å²) in [4.78, 5) is 51.2. The van der Waals surface area contributed by atoms with Crippen LogP contribution < -0.4 is 10.2 Å². The number of para-hydroxylation sites is 1. The average Bonchev–Trinajstić information content (AvgIpc) is 3.45. The maximum atomic E-state index is 13.2. The van der Waals surface area contributed by atoms with Crippen molar-refractivity contribution in [1.29, 1.82) is 0 Å². The zero-order valence-electron chi connectivity index (χ0n) is 20.5. The van der Waals surface area contributed by atoms with E-state index in [4.69, 9.17) is 0 Å². The number of thioether (sulfide) groups is 1. The van der Waals surface area contributed by atoms with Gasteiger partial charge in [0.25, 0.3) is 11.8 Å². The van der Waals surface area contributed by atoms with E-state index in [9.17, 15) is 19.2 Å². The van der Waals surface area contributed by atoms with Gasteiger partial charge in [-0.05, 0) is 36.4 Å². The average molecular weight is 526 g/mol. The van der Waals surface area contributed by atoms with E-state index in [1.165, 1.54) is 18.7 Å². The number of Topliss-reactive ketones (excluding diaryl/α,β-unsaturated/α-hetero) is 1. The van der Waals surface area contributed by atoms with Crippen molar-refractivity contribution in [2.24, 2.45) is 0 Å². The molecular weight excluding hydrogens is 502 g/mol. The van der Waals surface area contributed by atoms with Gasteiger partial charge in [0.15, 0.2) is 10.9 Å². The fourth-order valence-corrected chi connectivity index (χ4v) is 5.06. The van der Waals surface area contributed by atoms with Gasteiger partial charge in [-0.2, -0.15) is 0 Å². The lowest BCUT2D eigenvalue weighted by atomic mass is 10.1. The number of carbonyl (C=O) groups excluding carboxylic acids is 4. The van der Waals surface area contributed by atoms with E-state index in [0.29, 0.717) is 46.3 Å². The number of amides is 3. The van der Waals surface area contributed by atoms with Crippen molar-refractivity contribution in [3.05, 3.63) is 101 Å². The number of benzene rings is 3. The van der Waals surface area contributed by atoms with Crippen LogP contribution in [0.5, 0.6) is 0 Å². The number of fused-ring (bicyclic) bond motifs is 1. The fourth-order valence-electron chi connectivity index (χ4n) is 4.20. The zero-order valence-corrected chi connectivity index (χ0v) is 21.3. The molecular formula is C28H23N5O4S. The van der Waals surface area contributed by atoms with Gasteiger partial charge < -0.3 is 5.32 Å². The highest BCUT2D eigenvalue weighted by atomic mass is 32.2. The maximum absolute atomic E-state index is 13.2. The van der Waals surface area contributed by atoms with Gasteiger partial charge in [0.2, 0.25) is 5.91 Å². The molecule has 0 bridgehead atoms. The van der Waals surface area contributed by atoms with Crippen molar-refractivity contribution >= 4 is 41.0 Å². The smallest absolute Gasteiger partial charge is 0.266 e. The molecule has 190 valence electrons. The molecule has 10 heteroatoms. The standard InChI is InChI=1S/C28H23N5O4S/c1-18(34)29-15-14-25-30-31-28(32(25)20-9-3-2-4-10-20)38-17-24(35)19-8-7-11-21(16-19)33-26(36)22-12-5-6-13-23(22)27(33)37/h2-13,16H,14-15,17H2,1H3,(H,29,34). The molecule has 38 heavy (non-hydrogen) atoms. The number of hydrogen-bond acceptors (Lipinski definition) is 7. The molecule has 0 radical (unpaired) electrons. The van der Waals surface area contributed by atoms with Crippen molar-refractivity contribution in [3.8, 4) is 5.69 Å². The third-order valence-corrected chi connectivity index (χ3v) is 6.92. The first-order valence-electron chi connectivity index (χ1n) is 11.9. The number of hydrogen-bond donors (Lipinski definition) is 1. The number of ketones is 1. The first kappa shape index (κ1) is 25.1. The van der Waals surface area contributed by atoms with Gasteiger partial charge in [-0.3, -0.25) is 23.7 Å². The Balaban J connectivity index is 1.34. The van der Waals surface area contributed by atoms with E-state index in [1.807, 2.05) is 34.9 Å². The molecule has 0 fully saturated rings. The first-order chi connectivity index (χ1) is 18.4. The monoisotopic (exact) mass is 525 g/mol. The topological polar surface area (TPSA) is 114 Å². The Labute approximate surface area is 222 Å². The summed E-state index contributed by atoms with van der Waals surface area (Å²) in [5.74, 6) is -0.398. The predicted octanol–water partition coefficient (Wildman–Crippen LogP) is 3.72. The van der Waals surface area contributed by atoms with E-state index in [1.54, 1.807) is 48.5 Å². The predicted molar refractivity (Wildman–Crippen MR) is 143 cm³/mol. The molecule has 3 amide bonds. The highest BCUT2D eigenvalue weighted by Crippen LogP contribution is 2.29. The second-order valence-corrected chi connectivity index (χ2v) is 9.50. The van der Waals surface area contributed by atoms with E-state index in [2.05, 4.69) is 15.5 Å². The largest absolute Gasteiger partial charge is 0.356 e. The van der Waals surface area contributed by atoms with Crippen molar-refractivity contribution in [1.82, 2.24) is 20.1 Å². The Morgan fingerprint density at radius 2 is 1.50 bits per heavy atom. The first-order valence-corrected chi connectivity index (χ1v) is 12.9. The van der Waals surface area contributed by atoms with Crippen molar-refractivity contribution in [3.63, 3.8) is 0 Å². The van der Waals surface area contributed by atoms with E-state index in [-0.39, 0.29) is 17.4 Å². The van der Waals surface area contributed by atoms with Crippen LogP contribution in [-0.4, -0.2) is 50.6 Å². The van der Waals surface area contributed by atoms with Crippen LogP contribution in [0.1, 0.15) is 43.8 Å². The van der Waals surface area contributed by atoms with Gasteiger partial charge in [0.05, 0.1) is 22.6 Å². The summed E-state index contributed by atoms with van der Waals surface area (Å²) in [5.41, 5.74) is 2.26. The minimum absolute atomic E-state index is 0.0717. The van der Waals surface area contributed by atoms with Crippen molar-refractivity contribution in [2.45, 2.75) is 18.5 Å². The van der Waals surface area contributed by atoms with Crippen LogP contribution >= 0.6 is 11.8 Å². The Hall–Kier alpha value is -4.57. The SMILES string of the molecule is CC(=O)NCCc1nnc(SCC(=O)c2cccc(N3C(=O)c4ccccc4C3=O)c2)n1-c1ccccc1. The van der Waals surface area contributed by atoms with Gasteiger partial charge in [-0.1, -0.05) is 54.2 Å². The third kappa shape index (κ3) is 4.98. The maximum Gasteiger partial charge on any atom is 0.266 e. The van der Waals surface area contributed by atoms with Gasteiger partial charge in [0.1, 0.15) is 5.82 Å². The van der Waals surface area contributed by atoms with Gasteiger partial charge in [-0.25, -0.2) is 4.90 Å². The van der Waals surface area contributed by atoms with Gasteiger partial charge >= 0.3 is 0 Å². The lowest BCUT2D eigenvalue weighted by Gasteiger charge is -2.15. The highest BCUT2D eigenvalue weighted by Gasteiger charge is 2.36. The number of nitrogens with zero attached hydrogens (tertiary/aromatic N) is 4. The van der Waals surface area contributed by atoms with Crippen LogP contribution in [0, 0.1) is 0 Å². The number of imide groups is 1. The molecule has 0 spiro atoms. The van der Waals surface area contributed by atoms with Crippen LogP contribution in [0.2, 0.25) is 0 Å². The molecule has 0 saturated carbocycles. The third-order valence-electron chi connectivity index (χ3n) is 5.99. The lowest BCUT2D eigenvalue weighted by Crippen LogP contribution is -2.29. The molecule has 4 aromatic rings. The number of carbonyl (C=O) groups is 4. The van der Waals surface area contributed by atoms with Crippen LogP contribution in [0.25, 0.3) is 5.69 Å². The van der Waals surface area contributed by atoms with E-state index < -0.39 is 11.8 Å². The normalized spacial score (nSPS) is 12.5. The fraction of sp³-hybridized carbons (Fsp3) is 0.143. The summed E-state index contributed by atoms with van der Waals surface area (Å²) in [5, 5.41) is 11.9. The Morgan fingerprint density at radius 3 is 2.18 bits per heavy atom. The van der Waals surface area contributed by atoms with Gasteiger partial charge in [-0.15, -0.1) is 10.2 Å². The molecule has 9 nitrogen and oxygen atoms in total. The molecule has 0 saturated heterocycles. The van der Waals surface area contributed by atoms with Crippen LogP contribution in [0.15, 0.2) is 84.0 Å².